The summed E-state index contributed by atoms with van der Waals surface area (Å²) < 4.78 is 40.8. The molecule has 7 rings (SSSR count). The number of benzene rings is 2. The van der Waals surface area contributed by atoms with E-state index in [1.54, 1.807) is 17.8 Å². The van der Waals surface area contributed by atoms with Crippen molar-refractivity contribution in [1.82, 2.24) is 19.8 Å². The van der Waals surface area contributed by atoms with Crippen LogP contribution in [0.2, 0.25) is 0 Å². The zero-order chi connectivity index (χ0) is 31.8. The number of H-pyrrole nitrogens is 1. The number of ether oxygens (including phenoxy) is 2. The summed E-state index contributed by atoms with van der Waals surface area (Å²) in [5.74, 6) is 0.680. The minimum Gasteiger partial charge on any atom is -0.493 e. The highest BCUT2D eigenvalue weighted by Crippen LogP contribution is 2.33. The third-order valence-electron chi connectivity index (χ3n) is 9.81. The lowest BCUT2D eigenvalue weighted by atomic mass is 9.93. The number of likely N-dealkylation sites (tertiary alicyclic amines) is 2. The van der Waals surface area contributed by atoms with E-state index >= 15 is 0 Å². The van der Waals surface area contributed by atoms with E-state index in [0.717, 1.165) is 84.2 Å². The van der Waals surface area contributed by atoms with Crippen molar-refractivity contribution in [2.24, 2.45) is 5.92 Å². The Morgan fingerprint density at radius 1 is 1.00 bits per heavy atom. The number of thioether (sulfide) groups is 1. The molecule has 0 saturated carbocycles. The quantitative estimate of drug-likeness (QED) is 0.252. The number of halogens is 2. The molecular weight excluding hydrogens is 618 g/mol. The number of nitrogens with zero attached hydrogens (tertiary/aromatic N) is 5. The second-order valence-electron chi connectivity index (χ2n) is 12.8. The van der Waals surface area contributed by atoms with Crippen LogP contribution in [0.1, 0.15) is 31.5 Å². The Morgan fingerprint density at radius 2 is 1.74 bits per heavy atom. The molecule has 1 aromatic heterocycles. The summed E-state index contributed by atoms with van der Waals surface area (Å²) in [5.41, 5.74) is 0.0380. The molecule has 5 heterocycles. The summed E-state index contributed by atoms with van der Waals surface area (Å²) in [7, 11) is 0. The van der Waals surface area contributed by atoms with Crippen LogP contribution in [-0.2, 0) is 10.5 Å². The highest BCUT2D eigenvalue weighted by atomic mass is 32.2. The van der Waals surface area contributed by atoms with Gasteiger partial charge in [0.05, 0.1) is 34.6 Å². The van der Waals surface area contributed by atoms with Crippen LogP contribution in [0.3, 0.4) is 0 Å². The van der Waals surface area contributed by atoms with E-state index in [0.29, 0.717) is 58.4 Å². The number of aromatic nitrogens is 2. The Balaban J connectivity index is 0.853. The van der Waals surface area contributed by atoms with Crippen molar-refractivity contribution >= 4 is 34.0 Å². The molecule has 1 N–H and O–H groups in total. The summed E-state index contributed by atoms with van der Waals surface area (Å²) in [4.78, 5) is 37.2. The molecule has 4 fully saturated rings. The zero-order valence-corrected chi connectivity index (χ0v) is 26.4. The zero-order valence-electron chi connectivity index (χ0n) is 25.5. The van der Waals surface area contributed by atoms with Crippen molar-refractivity contribution in [3.05, 3.63) is 68.3 Å². The number of nitrogens with one attached hydrogen (secondary N) is 1. The van der Waals surface area contributed by atoms with Gasteiger partial charge >= 0.3 is 0 Å². The monoisotopic (exact) mass is 656 g/mol. The second-order valence-corrected chi connectivity index (χ2v) is 14.1. The van der Waals surface area contributed by atoms with Gasteiger partial charge in [-0.25, -0.2) is 13.8 Å². The van der Waals surface area contributed by atoms with Crippen molar-refractivity contribution in [1.29, 1.82) is 0 Å². The van der Waals surface area contributed by atoms with E-state index in [1.807, 2.05) is 4.90 Å². The molecule has 0 spiro atoms. The van der Waals surface area contributed by atoms with Gasteiger partial charge in [-0.3, -0.25) is 24.7 Å². The Hall–Kier alpha value is -3.33. The summed E-state index contributed by atoms with van der Waals surface area (Å²) >= 11 is 1.74. The van der Waals surface area contributed by atoms with Crippen molar-refractivity contribution in [2.75, 3.05) is 64.0 Å². The number of piperidine rings is 1. The molecule has 0 unspecified atom stereocenters. The first-order valence-electron chi connectivity index (χ1n) is 16.0. The lowest BCUT2D eigenvalue weighted by Crippen LogP contribution is -2.70. The number of hydrogen-bond acceptors (Lipinski definition) is 10. The number of nitro groups is 1. The highest BCUT2D eigenvalue weighted by molar-refractivity contribution is 7.99. The molecule has 2 aromatic carbocycles. The summed E-state index contributed by atoms with van der Waals surface area (Å²) in [6, 6.07) is 7.66. The smallest absolute Gasteiger partial charge is 0.272 e. The predicted molar refractivity (Wildman–Crippen MR) is 172 cm³/mol. The van der Waals surface area contributed by atoms with Gasteiger partial charge in [-0.2, -0.15) is 11.8 Å². The molecule has 4 aliphatic rings. The second kappa shape index (κ2) is 13.4. The standard InChI is InChI=1S/C32H38F2N6O5S/c33-26-11-21(40(42)43)1-2-29(26)39-16-23(17-39)38-14-22(15-38)37-7-3-20(4-8-37)18-45-24-12-27(34)31-28(13-24)35-30(36-32(31)41)19-46-25-5-9-44-10-6-25/h1-2,11-13,20,22-23,25H,3-10,14-19H2,(H,35,36,41). The minimum atomic E-state index is -0.623. The van der Waals surface area contributed by atoms with E-state index in [9.17, 15) is 23.7 Å². The average molecular weight is 657 g/mol. The first-order chi connectivity index (χ1) is 22.3. The van der Waals surface area contributed by atoms with Gasteiger partial charge in [0.1, 0.15) is 22.8 Å². The average Bonchev–Trinajstić information content (AvgIpc) is 3.00. The first kappa shape index (κ1) is 31.3. The number of aromatic amines is 1. The number of rotatable bonds is 10. The third kappa shape index (κ3) is 6.71. The molecule has 14 heteroatoms. The molecule has 0 amide bonds. The number of hydrogen-bond donors (Lipinski definition) is 1. The van der Waals surface area contributed by atoms with Crippen molar-refractivity contribution in [3.63, 3.8) is 0 Å². The van der Waals surface area contributed by atoms with Gasteiger partial charge in [-0.05, 0) is 50.8 Å². The van der Waals surface area contributed by atoms with Gasteiger partial charge in [0.15, 0.2) is 5.82 Å². The van der Waals surface area contributed by atoms with Crippen LogP contribution in [0.5, 0.6) is 5.75 Å². The van der Waals surface area contributed by atoms with Gasteiger partial charge in [0.2, 0.25) is 0 Å². The summed E-state index contributed by atoms with van der Waals surface area (Å²) in [6.45, 7) is 7.37. The van der Waals surface area contributed by atoms with Crippen LogP contribution in [-0.4, -0.2) is 101 Å². The van der Waals surface area contributed by atoms with E-state index in [-0.39, 0.29) is 11.1 Å². The summed E-state index contributed by atoms with van der Waals surface area (Å²) in [5, 5.41) is 11.3. The summed E-state index contributed by atoms with van der Waals surface area (Å²) in [6.07, 6.45) is 3.94. The van der Waals surface area contributed by atoms with Crippen LogP contribution in [0, 0.1) is 27.7 Å². The predicted octanol–water partition coefficient (Wildman–Crippen LogP) is 4.19. The van der Waals surface area contributed by atoms with Gasteiger partial charge in [0.25, 0.3) is 11.2 Å². The molecular formula is C32H38F2N6O5S. The molecule has 0 atom stereocenters. The van der Waals surface area contributed by atoms with Crippen molar-refractivity contribution in [2.45, 2.75) is 48.8 Å². The van der Waals surface area contributed by atoms with Gasteiger partial charge in [-0.15, -0.1) is 0 Å². The third-order valence-corrected chi connectivity index (χ3v) is 11.2. The van der Waals surface area contributed by atoms with E-state index in [4.69, 9.17) is 9.47 Å². The Kier molecular flexibility index (Phi) is 9.12. The molecule has 0 radical (unpaired) electrons. The van der Waals surface area contributed by atoms with E-state index in [1.165, 1.54) is 18.2 Å². The van der Waals surface area contributed by atoms with Gasteiger partial charge in [0, 0.05) is 74.9 Å². The topological polar surface area (TPSA) is 117 Å². The molecule has 4 aliphatic heterocycles. The van der Waals surface area contributed by atoms with Crippen molar-refractivity contribution < 1.29 is 23.2 Å². The Labute approximate surface area is 269 Å². The number of nitro benzene ring substituents is 1. The number of anilines is 1. The molecule has 246 valence electrons. The lowest BCUT2D eigenvalue weighted by Gasteiger charge is -2.55. The SMILES string of the molecule is O=c1[nH]c(CSC2CCOCC2)nc2cc(OCC3CCN(C4CN(C5CN(c6ccc([N+](=O)[O-])cc6F)C5)C4)CC3)cc(F)c12. The van der Waals surface area contributed by atoms with E-state index in [2.05, 4.69) is 19.8 Å². The maximum atomic E-state index is 14.9. The Bertz CT molecular complexity index is 1640. The maximum Gasteiger partial charge on any atom is 0.272 e. The van der Waals surface area contributed by atoms with Crippen LogP contribution < -0.4 is 15.2 Å². The molecule has 0 bridgehead atoms. The molecule has 11 nitrogen and oxygen atoms in total. The minimum absolute atomic E-state index is 0.0388. The largest absolute Gasteiger partial charge is 0.493 e. The van der Waals surface area contributed by atoms with Crippen LogP contribution >= 0.6 is 11.8 Å². The fraction of sp³-hybridized carbons (Fsp3) is 0.562. The lowest BCUT2D eigenvalue weighted by molar-refractivity contribution is -0.385. The molecule has 46 heavy (non-hydrogen) atoms. The van der Waals surface area contributed by atoms with Gasteiger partial charge in [-0.1, -0.05) is 0 Å². The Morgan fingerprint density at radius 3 is 2.46 bits per heavy atom. The fourth-order valence-electron chi connectivity index (χ4n) is 6.90. The molecule has 3 aromatic rings. The fourth-order valence-corrected chi connectivity index (χ4v) is 7.96. The highest BCUT2D eigenvalue weighted by Gasteiger charge is 2.42. The molecule has 4 saturated heterocycles. The number of non-ortho nitro benzene ring substituents is 1. The number of fused-ring (bicyclic) bond motifs is 1. The van der Waals surface area contributed by atoms with Crippen molar-refractivity contribution in [3.8, 4) is 5.75 Å². The molecule has 0 aliphatic carbocycles. The van der Waals surface area contributed by atoms with E-state index < -0.39 is 22.1 Å². The normalized spacial score (nSPS) is 21.0. The van der Waals surface area contributed by atoms with Crippen LogP contribution in [0.25, 0.3) is 10.9 Å². The maximum absolute atomic E-state index is 14.9. The van der Waals surface area contributed by atoms with Crippen LogP contribution in [0.15, 0.2) is 35.1 Å². The first-order valence-corrected chi connectivity index (χ1v) is 17.1. The van der Waals surface area contributed by atoms with Gasteiger partial charge < -0.3 is 19.4 Å². The van der Waals surface area contributed by atoms with Crippen LogP contribution in [0.4, 0.5) is 20.2 Å².